The van der Waals surface area contributed by atoms with Gasteiger partial charge in [-0.3, -0.25) is 9.36 Å². The minimum Gasteiger partial charge on any atom is -0.342 e. The molecule has 0 spiro atoms. The zero-order valence-corrected chi connectivity index (χ0v) is 17.5. The Morgan fingerprint density at radius 2 is 1.79 bits per heavy atom. The van der Waals surface area contributed by atoms with Crippen molar-refractivity contribution in [2.75, 3.05) is 18.8 Å². The van der Waals surface area contributed by atoms with Gasteiger partial charge in [0, 0.05) is 24.3 Å². The van der Waals surface area contributed by atoms with Gasteiger partial charge in [0.2, 0.25) is 5.91 Å². The summed E-state index contributed by atoms with van der Waals surface area (Å²) in [6.07, 6.45) is 4.00. The monoisotopic (exact) mass is 431 g/mol. The minimum absolute atomic E-state index is 0.168. The summed E-state index contributed by atoms with van der Waals surface area (Å²) < 4.78 is 2.06. The van der Waals surface area contributed by atoms with Crippen LogP contribution in [0.5, 0.6) is 0 Å². The predicted octanol–water partition coefficient (Wildman–Crippen LogP) is 5.56. The van der Waals surface area contributed by atoms with Crippen LogP contribution in [0.25, 0.3) is 16.9 Å². The summed E-state index contributed by atoms with van der Waals surface area (Å²) in [6, 6.07) is 15.5. The van der Waals surface area contributed by atoms with Gasteiger partial charge in [-0.25, -0.2) is 4.98 Å². The zero-order valence-electron chi connectivity index (χ0n) is 15.1. The minimum atomic E-state index is 0.168. The van der Waals surface area contributed by atoms with Crippen LogP contribution in [-0.2, 0) is 4.79 Å². The van der Waals surface area contributed by atoms with Crippen molar-refractivity contribution in [3.05, 3.63) is 64.8 Å². The van der Waals surface area contributed by atoms with E-state index in [4.69, 9.17) is 23.2 Å². The van der Waals surface area contributed by atoms with E-state index in [0.29, 0.717) is 15.8 Å². The number of aromatic nitrogens is 2. The number of hydrogen-bond donors (Lipinski definition) is 0. The van der Waals surface area contributed by atoms with E-state index in [1.165, 1.54) is 11.8 Å². The van der Waals surface area contributed by atoms with Crippen molar-refractivity contribution in [2.45, 2.75) is 18.0 Å². The van der Waals surface area contributed by atoms with Gasteiger partial charge >= 0.3 is 0 Å². The Morgan fingerprint density at radius 1 is 1.04 bits per heavy atom. The Balaban J connectivity index is 1.67. The Labute approximate surface area is 178 Å². The number of hydrogen-bond acceptors (Lipinski definition) is 3. The van der Waals surface area contributed by atoms with Crippen LogP contribution in [0.2, 0.25) is 10.0 Å². The van der Waals surface area contributed by atoms with Crippen molar-refractivity contribution in [1.29, 1.82) is 0 Å². The number of para-hydroxylation sites is 1. The molecule has 1 amide bonds. The van der Waals surface area contributed by atoms with Crippen LogP contribution in [0, 0.1) is 0 Å². The average molecular weight is 432 g/mol. The molecule has 0 N–H and O–H groups in total. The summed E-state index contributed by atoms with van der Waals surface area (Å²) in [5, 5.41) is 1.79. The number of carbonyl (C=O) groups is 1. The van der Waals surface area contributed by atoms with Gasteiger partial charge in [0.05, 0.1) is 27.7 Å². The van der Waals surface area contributed by atoms with Crippen molar-refractivity contribution in [1.82, 2.24) is 14.5 Å². The Hall–Kier alpha value is -1.95. The van der Waals surface area contributed by atoms with Gasteiger partial charge in [-0.2, -0.15) is 0 Å². The summed E-state index contributed by atoms with van der Waals surface area (Å²) in [6.45, 7) is 1.72. The first-order valence-electron chi connectivity index (χ1n) is 9.12. The van der Waals surface area contributed by atoms with Gasteiger partial charge in [0.15, 0.2) is 5.16 Å². The summed E-state index contributed by atoms with van der Waals surface area (Å²) in [5.74, 6) is 0.547. The molecule has 2 heterocycles. The summed E-state index contributed by atoms with van der Waals surface area (Å²) in [4.78, 5) is 19.0. The second kappa shape index (κ2) is 8.60. The number of amides is 1. The topological polar surface area (TPSA) is 38.1 Å². The number of likely N-dealkylation sites (tertiary alicyclic amines) is 1. The number of halogens is 2. The van der Waals surface area contributed by atoms with Crippen LogP contribution < -0.4 is 0 Å². The molecule has 1 aromatic heterocycles. The first-order chi connectivity index (χ1) is 13.6. The molecule has 0 bridgehead atoms. The first-order valence-corrected chi connectivity index (χ1v) is 10.9. The van der Waals surface area contributed by atoms with Crippen LogP contribution in [0.15, 0.2) is 59.9 Å². The molecule has 28 heavy (non-hydrogen) atoms. The van der Waals surface area contributed by atoms with E-state index in [9.17, 15) is 4.79 Å². The Kier molecular flexibility index (Phi) is 5.95. The van der Waals surface area contributed by atoms with Gasteiger partial charge in [-0.15, -0.1) is 0 Å². The first kappa shape index (κ1) is 19.4. The van der Waals surface area contributed by atoms with Crippen molar-refractivity contribution in [3.63, 3.8) is 0 Å². The average Bonchev–Trinajstić information content (AvgIpc) is 3.39. The molecular formula is C21H19Cl2N3OS. The summed E-state index contributed by atoms with van der Waals surface area (Å²) in [5.41, 5.74) is 2.81. The smallest absolute Gasteiger partial charge is 0.233 e. The highest BCUT2D eigenvalue weighted by atomic mass is 35.5. The highest BCUT2D eigenvalue weighted by Crippen LogP contribution is 2.33. The van der Waals surface area contributed by atoms with Crippen LogP contribution >= 0.6 is 35.0 Å². The molecule has 7 heteroatoms. The van der Waals surface area contributed by atoms with Crippen molar-refractivity contribution in [3.8, 4) is 16.9 Å². The third-order valence-electron chi connectivity index (χ3n) is 4.74. The molecule has 0 unspecified atom stereocenters. The van der Waals surface area contributed by atoms with Crippen LogP contribution in [-0.4, -0.2) is 39.2 Å². The molecule has 0 saturated carbocycles. The molecule has 4 nitrogen and oxygen atoms in total. The lowest BCUT2D eigenvalue weighted by molar-refractivity contribution is -0.127. The zero-order chi connectivity index (χ0) is 19.5. The molecule has 144 valence electrons. The van der Waals surface area contributed by atoms with E-state index in [1.807, 2.05) is 53.6 Å². The van der Waals surface area contributed by atoms with Crippen molar-refractivity contribution < 1.29 is 4.79 Å². The fraction of sp³-hybridized carbons (Fsp3) is 0.238. The molecular weight excluding hydrogens is 413 g/mol. The molecule has 2 aromatic carbocycles. The van der Waals surface area contributed by atoms with E-state index in [1.54, 1.807) is 6.07 Å². The molecule has 0 radical (unpaired) electrons. The molecule has 1 aliphatic heterocycles. The van der Waals surface area contributed by atoms with Crippen LogP contribution in [0.3, 0.4) is 0 Å². The number of thioether (sulfide) groups is 1. The fourth-order valence-electron chi connectivity index (χ4n) is 3.31. The van der Waals surface area contributed by atoms with E-state index < -0.39 is 0 Å². The SMILES string of the molecule is O=C(CSc1ncc(-c2ccc(Cl)c(Cl)c2)n1-c1ccccc1)N1CCCC1. The van der Waals surface area contributed by atoms with Crippen molar-refractivity contribution >= 4 is 40.9 Å². The lowest BCUT2D eigenvalue weighted by atomic mass is 10.1. The van der Waals surface area contributed by atoms with Gasteiger partial charge in [-0.05, 0) is 37.1 Å². The molecule has 1 fully saturated rings. The highest BCUT2D eigenvalue weighted by molar-refractivity contribution is 7.99. The third kappa shape index (κ3) is 4.07. The van der Waals surface area contributed by atoms with E-state index in [-0.39, 0.29) is 5.91 Å². The normalized spacial score (nSPS) is 13.9. The summed E-state index contributed by atoms with van der Waals surface area (Å²) >= 11 is 13.8. The molecule has 3 aromatic rings. The van der Waals surface area contributed by atoms with E-state index in [0.717, 1.165) is 48.0 Å². The molecule has 0 atom stereocenters. The quantitative estimate of drug-likeness (QED) is 0.496. The standard InChI is InChI=1S/C21H19Cl2N3OS/c22-17-9-8-15(12-18(17)23)19-13-24-21(26(19)16-6-2-1-3-7-16)28-14-20(27)25-10-4-5-11-25/h1-3,6-9,12-13H,4-5,10-11,14H2. The van der Waals surface area contributed by atoms with Gasteiger partial charge in [0.25, 0.3) is 0 Å². The van der Waals surface area contributed by atoms with Crippen molar-refractivity contribution in [2.24, 2.45) is 0 Å². The number of rotatable bonds is 5. The summed E-state index contributed by atoms with van der Waals surface area (Å²) in [7, 11) is 0. The van der Waals surface area contributed by atoms with Gasteiger partial charge in [-0.1, -0.05) is 59.2 Å². The van der Waals surface area contributed by atoms with Crippen LogP contribution in [0.1, 0.15) is 12.8 Å². The maximum absolute atomic E-state index is 12.5. The predicted molar refractivity (Wildman–Crippen MR) is 116 cm³/mol. The number of benzene rings is 2. The lowest BCUT2D eigenvalue weighted by Crippen LogP contribution is -2.29. The van der Waals surface area contributed by atoms with Gasteiger partial charge in [0.1, 0.15) is 0 Å². The van der Waals surface area contributed by atoms with Gasteiger partial charge < -0.3 is 4.90 Å². The van der Waals surface area contributed by atoms with E-state index in [2.05, 4.69) is 9.55 Å². The number of nitrogens with zero attached hydrogens (tertiary/aromatic N) is 3. The second-order valence-electron chi connectivity index (χ2n) is 6.60. The molecule has 1 saturated heterocycles. The second-order valence-corrected chi connectivity index (χ2v) is 8.36. The van der Waals surface area contributed by atoms with Crippen LogP contribution in [0.4, 0.5) is 0 Å². The molecule has 0 aliphatic carbocycles. The third-order valence-corrected chi connectivity index (χ3v) is 6.42. The fourth-order valence-corrected chi connectivity index (χ4v) is 4.50. The number of carbonyl (C=O) groups excluding carboxylic acids is 1. The maximum Gasteiger partial charge on any atom is 0.233 e. The van der Waals surface area contributed by atoms with E-state index >= 15 is 0 Å². The molecule has 1 aliphatic rings. The Bertz CT molecular complexity index is 985. The molecule has 4 rings (SSSR count). The maximum atomic E-state index is 12.5. The largest absolute Gasteiger partial charge is 0.342 e. The number of imidazole rings is 1. The Morgan fingerprint density at radius 3 is 2.50 bits per heavy atom. The highest BCUT2D eigenvalue weighted by Gasteiger charge is 2.20. The lowest BCUT2D eigenvalue weighted by Gasteiger charge is -2.16.